The van der Waals surface area contributed by atoms with Gasteiger partial charge < -0.3 is 4.90 Å². The molecule has 0 atom stereocenters. The minimum Gasteiger partial charge on any atom is -0.349 e. The highest BCUT2D eigenvalue weighted by Gasteiger charge is 2.45. The second kappa shape index (κ2) is 6.54. The Morgan fingerprint density at radius 2 is 1.96 bits per heavy atom. The molecule has 1 aromatic carbocycles. The van der Waals surface area contributed by atoms with Crippen LogP contribution >= 0.6 is 0 Å². The van der Waals surface area contributed by atoms with Gasteiger partial charge in [0.2, 0.25) is 5.96 Å². The minimum atomic E-state index is -0.542. The molecule has 0 saturated carbocycles. The molecule has 5 heteroatoms. The number of carbonyl (C=O) groups is 1. The third kappa shape index (κ3) is 3.45. The highest BCUT2D eigenvalue weighted by atomic mass is 16.2. The summed E-state index contributed by atoms with van der Waals surface area (Å²) >= 11 is 0. The quantitative estimate of drug-likeness (QED) is 0.922. The lowest BCUT2D eigenvalue weighted by molar-refractivity contribution is -0.125. The second-order valence-electron chi connectivity index (χ2n) is 6.43. The first-order chi connectivity index (χ1) is 11.1. The van der Waals surface area contributed by atoms with Gasteiger partial charge in [0.15, 0.2) is 0 Å². The Balaban J connectivity index is 1.55. The number of benzene rings is 1. The van der Waals surface area contributed by atoms with E-state index in [0.717, 1.165) is 32.5 Å². The van der Waals surface area contributed by atoms with Crippen molar-refractivity contribution >= 4 is 17.9 Å². The van der Waals surface area contributed by atoms with Gasteiger partial charge in [0.25, 0.3) is 5.91 Å². The van der Waals surface area contributed by atoms with E-state index in [1.165, 1.54) is 5.56 Å². The van der Waals surface area contributed by atoms with Crippen LogP contribution in [0, 0.1) is 0 Å². The summed E-state index contributed by atoms with van der Waals surface area (Å²) < 4.78 is 0. The van der Waals surface area contributed by atoms with Crippen LogP contribution in [0.4, 0.5) is 0 Å². The summed E-state index contributed by atoms with van der Waals surface area (Å²) in [5, 5.41) is 2.90. The van der Waals surface area contributed by atoms with Crippen LogP contribution in [0.5, 0.6) is 0 Å². The highest BCUT2D eigenvalue weighted by molar-refractivity contribution is 6.07. The minimum absolute atomic E-state index is 0.0562. The number of nitrogens with one attached hydrogen (secondary N) is 1. The third-order valence-corrected chi connectivity index (χ3v) is 4.55. The highest BCUT2D eigenvalue weighted by Crippen LogP contribution is 2.30. The van der Waals surface area contributed by atoms with E-state index < -0.39 is 5.54 Å². The van der Waals surface area contributed by atoms with Crippen molar-refractivity contribution in [1.82, 2.24) is 15.1 Å². The molecule has 2 aliphatic rings. The van der Waals surface area contributed by atoms with Crippen LogP contribution in [0.25, 0.3) is 6.08 Å². The molecule has 5 nitrogen and oxygen atoms in total. The Morgan fingerprint density at radius 3 is 2.57 bits per heavy atom. The number of likely N-dealkylation sites (tertiary alicyclic amines) is 1. The third-order valence-electron chi connectivity index (χ3n) is 4.55. The zero-order valence-corrected chi connectivity index (χ0v) is 13.8. The maximum Gasteiger partial charge on any atom is 0.254 e. The molecule has 1 aromatic rings. The molecule has 0 radical (unpaired) electrons. The van der Waals surface area contributed by atoms with Crippen LogP contribution < -0.4 is 5.32 Å². The van der Waals surface area contributed by atoms with E-state index >= 15 is 0 Å². The number of rotatable bonds is 3. The first kappa shape index (κ1) is 15.7. The van der Waals surface area contributed by atoms with E-state index in [4.69, 9.17) is 0 Å². The summed E-state index contributed by atoms with van der Waals surface area (Å²) in [4.78, 5) is 21.2. The number of nitrogens with zero attached hydrogens (tertiary/aromatic N) is 3. The Kier molecular flexibility index (Phi) is 4.48. The molecule has 1 saturated heterocycles. The van der Waals surface area contributed by atoms with E-state index in [0.29, 0.717) is 5.96 Å². The Labute approximate surface area is 137 Å². The summed E-state index contributed by atoms with van der Waals surface area (Å²) in [6.45, 7) is 2.71. The molecule has 1 fully saturated rings. The average Bonchev–Trinajstić information content (AvgIpc) is 2.88. The first-order valence-corrected chi connectivity index (χ1v) is 8.12. The van der Waals surface area contributed by atoms with E-state index in [1.54, 1.807) is 0 Å². The largest absolute Gasteiger partial charge is 0.349 e. The molecule has 23 heavy (non-hydrogen) atoms. The van der Waals surface area contributed by atoms with Crippen molar-refractivity contribution in [2.24, 2.45) is 4.99 Å². The van der Waals surface area contributed by atoms with Crippen molar-refractivity contribution in [3.8, 4) is 0 Å². The van der Waals surface area contributed by atoms with E-state index in [1.807, 2.05) is 37.2 Å². The van der Waals surface area contributed by atoms with Gasteiger partial charge in [0.1, 0.15) is 5.54 Å². The van der Waals surface area contributed by atoms with Crippen LogP contribution in [0.2, 0.25) is 0 Å². The van der Waals surface area contributed by atoms with Crippen LogP contribution in [-0.2, 0) is 4.79 Å². The topological polar surface area (TPSA) is 47.9 Å². The average molecular weight is 312 g/mol. The smallest absolute Gasteiger partial charge is 0.254 e. The zero-order chi connectivity index (χ0) is 16.3. The van der Waals surface area contributed by atoms with Gasteiger partial charge >= 0.3 is 0 Å². The summed E-state index contributed by atoms with van der Waals surface area (Å²) in [5.74, 6) is 0.744. The van der Waals surface area contributed by atoms with Crippen molar-refractivity contribution in [2.75, 3.05) is 33.7 Å². The standard InChI is InChI=1S/C18H24N4O/c1-21(2)17-19-16(23)18(20-17)10-13-22(14-11-18)12-6-9-15-7-4-3-5-8-15/h3-9H,10-14H2,1-2H3,(H,19,20,23). The number of aliphatic imine (C=N–C) groups is 1. The molecule has 122 valence electrons. The van der Waals surface area contributed by atoms with Crippen LogP contribution in [0.3, 0.4) is 0 Å². The summed E-state index contributed by atoms with van der Waals surface area (Å²) in [6.07, 6.45) is 5.91. The van der Waals surface area contributed by atoms with Gasteiger partial charge in [0.05, 0.1) is 0 Å². The monoisotopic (exact) mass is 312 g/mol. The molecule has 0 unspecified atom stereocenters. The van der Waals surface area contributed by atoms with E-state index in [2.05, 4.69) is 39.5 Å². The molecule has 2 aliphatic heterocycles. The number of hydrogen-bond acceptors (Lipinski definition) is 4. The predicted octanol–water partition coefficient (Wildman–Crippen LogP) is 1.58. The van der Waals surface area contributed by atoms with Gasteiger partial charge in [-0.15, -0.1) is 0 Å². The molecular formula is C18H24N4O. The lowest BCUT2D eigenvalue weighted by Crippen LogP contribution is -2.49. The first-order valence-electron chi connectivity index (χ1n) is 8.12. The summed E-state index contributed by atoms with van der Waals surface area (Å²) in [6, 6.07) is 10.3. The molecule has 0 aromatic heterocycles. The predicted molar refractivity (Wildman–Crippen MR) is 93.1 cm³/mol. The van der Waals surface area contributed by atoms with E-state index in [9.17, 15) is 4.79 Å². The summed E-state index contributed by atoms with van der Waals surface area (Å²) in [5.41, 5.74) is 0.676. The normalized spacial score (nSPS) is 20.8. The lowest BCUT2D eigenvalue weighted by atomic mass is 9.88. The molecule has 1 amide bonds. The number of piperidine rings is 1. The second-order valence-corrected chi connectivity index (χ2v) is 6.43. The number of hydrogen-bond donors (Lipinski definition) is 1. The fourth-order valence-electron chi connectivity index (χ4n) is 3.06. The number of guanidine groups is 1. The van der Waals surface area contributed by atoms with Crippen LogP contribution in [0.1, 0.15) is 18.4 Å². The van der Waals surface area contributed by atoms with Crippen molar-refractivity contribution in [3.63, 3.8) is 0 Å². The molecular weight excluding hydrogens is 288 g/mol. The van der Waals surface area contributed by atoms with Crippen molar-refractivity contribution in [2.45, 2.75) is 18.4 Å². The van der Waals surface area contributed by atoms with Crippen molar-refractivity contribution in [1.29, 1.82) is 0 Å². The number of carbonyl (C=O) groups excluding carboxylic acids is 1. The Bertz CT molecular complexity index is 613. The van der Waals surface area contributed by atoms with Crippen LogP contribution in [0.15, 0.2) is 41.4 Å². The fourth-order valence-corrected chi connectivity index (χ4v) is 3.06. The van der Waals surface area contributed by atoms with Gasteiger partial charge in [-0.25, -0.2) is 4.99 Å². The Hall–Kier alpha value is -2.14. The molecule has 2 heterocycles. The Morgan fingerprint density at radius 1 is 1.26 bits per heavy atom. The van der Waals surface area contributed by atoms with Gasteiger partial charge in [-0.2, -0.15) is 0 Å². The van der Waals surface area contributed by atoms with Gasteiger partial charge in [-0.3, -0.25) is 15.0 Å². The maximum absolute atomic E-state index is 12.3. The fraction of sp³-hybridized carbons (Fsp3) is 0.444. The van der Waals surface area contributed by atoms with Crippen LogP contribution in [-0.4, -0.2) is 60.9 Å². The van der Waals surface area contributed by atoms with Gasteiger partial charge in [-0.05, 0) is 18.4 Å². The lowest BCUT2D eigenvalue weighted by Gasteiger charge is -2.34. The van der Waals surface area contributed by atoms with Gasteiger partial charge in [-0.1, -0.05) is 42.5 Å². The molecule has 0 bridgehead atoms. The molecule has 3 rings (SSSR count). The SMILES string of the molecule is CN(C)C1=NC2(CCN(CC=Cc3ccccc3)CC2)C(=O)N1. The summed E-state index contributed by atoms with van der Waals surface area (Å²) in [7, 11) is 3.81. The molecule has 0 aliphatic carbocycles. The molecule has 1 N–H and O–H groups in total. The zero-order valence-electron chi connectivity index (χ0n) is 13.8. The van der Waals surface area contributed by atoms with Gasteiger partial charge in [0, 0.05) is 33.7 Å². The maximum atomic E-state index is 12.3. The van der Waals surface area contributed by atoms with Crippen molar-refractivity contribution < 1.29 is 4.79 Å². The van der Waals surface area contributed by atoms with E-state index in [-0.39, 0.29) is 5.91 Å². The number of amides is 1. The molecule has 1 spiro atoms. The van der Waals surface area contributed by atoms with Crippen molar-refractivity contribution in [3.05, 3.63) is 42.0 Å².